The van der Waals surface area contributed by atoms with Crippen molar-refractivity contribution in [2.75, 3.05) is 18.4 Å². The molecule has 2 amide bonds. The maximum Gasteiger partial charge on any atom is 0.407 e. The molecule has 29 heavy (non-hydrogen) atoms. The summed E-state index contributed by atoms with van der Waals surface area (Å²) in [6.45, 7) is 5.31. The van der Waals surface area contributed by atoms with Crippen LogP contribution in [-0.4, -0.2) is 39.1 Å². The molecule has 0 spiro atoms. The van der Waals surface area contributed by atoms with Crippen LogP contribution in [0, 0.1) is 5.92 Å². The molecular formula is C20H29N3O5S. The van der Waals surface area contributed by atoms with Crippen molar-refractivity contribution in [3.05, 3.63) is 36.4 Å². The van der Waals surface area contributed by atoms with E-state index < -0.39 is 21.7 Å². The topological polar surface area (TPSA) is 114 Å². The van der Waals surface area contributed by atoms with Crippen LogP contribution in [0.2, 0.25) is 0 Å². The van der Waals surface area contributed by atoms with Crippen LogP contribution in [0.4, 0.5) is 10.5 Å². The van der Waals surface area contributed by atoms with Crippen LogP contribution < -0.4 is 15.4 Å². The Labute approximate surface area is 172 Å². The third kappa shape index (κ3) is 8.25. The zero-order chi connectivity index (χ0) is 21.5. The van der Waals surface area contributed by atoms with Crippen LogP contribution >= 0.6 is 0 Å². The molecule has 0 saturated carbocycles. The molecule has 0 radical (unpaired) electrons. The van der Waals surface area contributed by atoms with Crippen LogP contribution in [0.1, 0.15) is 40.0 Å². The van der Waals surface area contributed by atoms with Gasteiger partial charge in [-0.2, -0.15) is 0 Å². The number of anilines is 1. The van der Waals surface area contributed by atoms with E-state index in [2.05, 4.69) is 21.4 Å². The number of rotatable bonds is 8. The van der Waals surface area contributed by atoms with Crippen molar-refractivity contribution in [2.45, 2.75) is 50.5 Å². The third-order valence-electron chi connectivity index (χ3n) is 4.07. The first-order valence-corrected chi connectivity index (χ1v) is 11.1. The Kier molecular flexibility index (Phi) is 7.80. The Hall–Kier alpha value is -2.39. The normalized spacial score (nSPS) is 16.4. The number of sulfonamides is 1. The van der Waals surface area contributed by atoms with E-state index in [1.807, 2.05) is 6.08 Å². The molecule has 0 fully saturated rings. The first-order valence-electron chi connectivity index (χ1n) is 9.58. The molecule has 2 rings (SSSR count). The summed E-state index contributed by atoms with van der Waals surface area (Å²) in [4.78, 5) is 23.7. The van der Waals surface area contributed by atoms with Gasteiger partial charge in [0.25, 0.3) is 0 Å². The number of carbonyl (C=O) groups excluding carboxylic acids is 2. The van der Waals surface area contributed by atoms with Gasteiger partial charge in [0, 0.05) is 25.2 Å². The van der Waals surface area contributed by atoms with Crippen molar-refractivity contribution < 1.29 is 22.7 Å². The van der Waals surface area contributed by atoms with Crippen LogP contribution in [-0.2, 0) is 19.6 Å². The van der Waals surface area contributed by atoms with Crippen molar-refractivity contribution in [3.8, 4) is 0 Å². The molecule has 0 aromatic heterocycles. The molecule has 1 aromatic rings. The van der Waals surface area contributed by atoms with E-state index in [1.54, 1.807) is 32.9 Å². The summed E-state index contributed by atoms with van der Waals surface area (Å²) in [7, 11) is -3.78. The van der Waals surface area contributed by atoms with Gasteiger partial charge in [-0.3, -0.25) is 4.79 Å². The molecule has 1 aliphatic carbocycles. The van der Waals surface area contributed by atoms with E-state index in [0.29, 0.717) is 12.1 Å². The Morgan fingerprint density at radius 1 is 1.21 bits per heavy atom. The van der Waals surface area contributed by atoms with E-state index in [1.165, 1.54) is 12.1 Å². The van der Waals surface area contributed by atoms with Gasteiger partial charge >= 0.3 is 6.09 Å². The Balaban J connectivity index is 1.85. The van der Waals surface area contributed by atoms with Gasteiger partial charge in [0.1, 0.15) is 5.60 Å². The number of alkyl carbamates (subject to hydrolysis) is 1. The molecular weight excluding hydrogens is 394 g/mol. The molecule has 3 N–H and O–H groups in total. The molecule has 0 heterocycles. The lowest BCUT2D eigenvalue weighted by atomic mass is 10.1. The second kappa shape index (κ2) is 9.89. The van der Waals surface area contributed by atoms with Gasteiger partial charge in [0.15, 0.2) is 0 Å². The molecule has 1 aliphatic rings. The molecule has 1 unspecified atom stereocenters. The minimum Gasteiger partial charge on any atom is -0.444 e. The first-order chi connectivity index (χ1) is 13.5. The van der Waals surface area contributed by atoms with Gasteiger partial charge < -0.3 is 15.4 Å². The summed E-state index contributed by atoms with van der Waals surface area (Å²) >= 11 is 0. The number of allylic oxidation sites excluding steroid dienone is 2. The lowest BCUT2D eigenvalue weighted by molar-refractivity contribution is -0.116. The molecule has 1 atom stereocenters. The predicted octanol–water partition coefficient (Wildman–Crippen LogP) is 2.78. The maximum absolute atomic E-state index is 12.4. The molecule has 0 bridgehead atoms. The fourth-order valence-electron chi connectivity index (χ4n) is 2.80. The number of ether oxygens (including phenoxy) is 1. The summed E-state index contributed by atoms with van der Waals surface area (Å²) in [5.74, 6) is 0.0895. The number of hydrogen-bond donors (Lipinski definition) is 3. The Morgan fingerprint density at radius 3 is 2.62 bits per heavy atom. The number of nitrogens with one attached hydrogen (secondary N) is 3. The van der Waals surface area contributed by atoms with Crippen LogP contribution in [0.25, 0.3) is 0 Å². The predicted molar refractivity (Wildman–Crippen MR) is 111 cm³/mol. The highest BCUT2D eigenvalue weighted by atomic mass is 32.2. The SMILES string of the molecule is CC(C)(C)OC(=O)NCCNS(=O)(=O)c1cccc(NC(=O)CC2C=CCC2)c1. The quantitative estimate of drug-likeness (QED) is 0.439. The van der Waals surface area contributed by atoms with Crippen molar-refractivity contribution in [2.24, 2.45) is 5.92 Å². The van der Waals surface area contributed by atoms with Crippen molar-refractivity contribution >= 4 is 27.7 Å². The summed E-state index contributed by atoms with van der Waals surface area (Å²) in [5, 5.41) is 5.23. The highest BCUT2D eigenvalue weighted by Gasteiger charge is 2.18. The van der Waals surface area contributed by atoms with E-state index in [9.17, 15) is 18.0 Å². The minimum atomic E-state index is -3.78. The largest absolute Gasteiger partial charge is 0.444 e. The average molecular weight is 424 g/mol. The van der Waals surface area contributed by atoms with E-state index in [4.69, 9.17) is 4.74 Å². The molecule has 9 heteroatoms. The van der Waals surface area contributed by atoms with Gasteiger partial charge in [-0.25, -0.2) is 17.9 Å². The van der Waals surface area contributed by atoms with E-state index in [-0.39, 0.29) is 29.8 Å². The van der Waals surface area contributed by atoms with Gasteiger partial charge in [0.2, 0.25) is 15.9 Å². The molecule has 160 valence electrons. The molecule has 8 nitrogen and oxygen atoms in total. The van der Waals surface area contributed by atoms with E-state index in [0.717, 1.165) is 12.8 Å². The average Bonchev–Trinajstić information content (AvgIpc) is 3.10. The number of hydrogen-bond acceptors (Lipinski definition) is 5. The molecule has 1 aromatic carbocycles. The summed E-state index contributed by atoms with van der Waals surface area (Å²) in [5.41, 5.74) is -0.200. The number of benzene rings is 1. The van der Waals surface area contributed by atoms with Crippen molar-refractivity contribution in [1.29, 1.82) is 0 Å². The highest BCUT2D eigenvalue weighted by Crippen LogP contribution is 2.21. The Morgan fingerprint density at radius 2 is 1.97 bits per heavy atom. The van der Waals surface area contributed by atoms with Gasteiger partial charge in [0.05, 0.1) is 4.90 Å². The highest BCUT2D eigenvalue weighted by molar-refractivity contribution is 7.89. The smallest absolute Gasteiger partial charge is 0.407 e. The second-order valence-corrected chi connectivity index (χ2v) is 9.64. The zero-order valence-corrected chi connectivity index (χ0v) is 17.8. The van der Waals surface area contributed by atoms with Gasteiger partial charge in [-0.1, -0.05) is 18.2 Å². The van der Waals surface area contributed by atoms with Gasteiger partial charge in [-0.05, 0) is 57.7 Å². The zero-order valence-electron chi connectivity index (χ0n) is 17.0. The van der Waals surface area contributed by atoms with Crippen LogP contribution in [0.3, 0.4) is 0 Å². The maximum atomic E-state index is 12.4. The summed E-state index contributed by atoms with van der Waals surface area (Å²) < 4.78 is 32.4. The summed E-state index contributed by atoms with van der Waals surface area (Å²) in [6.07, 6.45) is 5.81. The summed E-state index contributed by atoms with van der Waals surface area (Å²) in [6, 6.07) is 6.06. The van der Waals surface area contributed by atoms with Gasteiger partial charge in [-0.15, -0.1) is 0 Å². The first kappa shape index (κ1) is 22.9. The fraction of sp³-hybridized carbons (Fsp3) is 0.500. The van der Waals surface area contributed by atoms with Crippen molar-refractivity contribution in [3.63, 3.8) is 0 Å². The van der Waals surface area contributed by atoms with E-state index >= 15 is 0 Å². The monoisotopic (exact) mass is 423 g/mol. The molecule has 0 aliphatic heterocycles. The van der Waals surface area contributed by atoms with Crippen molar-refractivity contribution in [1.82, 2.24) is 10.0 Å². The second-order valence-electron chi connectivity index (χ2n) is 7.87. The third-order valence-corrected chi connectivity index (χ3v) is 5.53. The number of amides is 2. The lowest BCUT2D eigenvalue weighted by Gasteiger charge is -2.19. The minimum absolute atomic E-state index is 0.00613. The fourth-order valence-corrected chi connectivity index (χ4v) is 3.88. The Bertz CT molecular complexity index is 859. The standard InChI is InChI=1S/C20H29N3O5S/c1-20(2,3)28-19(25)21-11-12-22-29(26,27)17-10-6-9-16(14-17)23-18(24)13-15-7-4-5-8-15/h4,6-7,9-10,14-15,22H,5,8,11-13H2,1-3H3,(H,21,25)(H,23,24). The lowest BCUT2D eigenvalue weighted by Crippen LogP contribution is -2.37. The number of carbonyl (C=O) groups is 2. The van der Waals surface area contributed by atoms with Crippen LogP contribution in [0.15, 0.2) is 41.3 Å². The molecule has 0 saturated heterocycles. The van der Waals surface area contributed by atoms with Crippen LogP contribution in [0.5, 0.6) is 0 Å².